The summed E-state index contributed by atoms with van der Waals surface area (Å²) in [4.78, 5) is 4.12. The molecule has 1 atom stereocenters. The molecular weight excluding hydrogens is 234 g/mol. The number of ether oxygens (including phenoxy) is 1. The van der Waals surface area contributed by atoms with Gasteiger partial charge in [0.25, 0.3) is 5.89 Å². The Morgan fingerprint density at radius 1 is 1.39 bits per heavy atom. The first kappa shape index (κ1) is 11.4. The van der Waals surface area contributed by atoms with Crippen molar-refractivity contribution in [2.75, 3.05) is 13.2 Å². The number of rotatable bonds is 3. The molecule has 0 amide bonds. The van der Waals surface area contributed by atoms with Crippen LogP contribution in [0.3, 0.4) is 0 Å². The van der Waals surface area contributed by atoms with E-state index in [0.717, 1.165) is 31.6 Å². The number of oxazole rings is 1. The minimum absolute atomic E-state index is 0.206. The average molecular weight is 249 g/mol. The molecule has 6 heteroatoms. The van der Waals surface area contributed by atoms with Crippen LogP contribution in [0.25, 0.3) is 11.6 Å². The Bertz CT molecular complexity index is 514. The lowest BCUT2D eigenvalue weighted by Gasteiger charge is -2.18. The third-order valence-electron chi connectivity index (χ3n) is 3.11. The Balaban J connectivity index is 1.84. The highest BCUT2D eigenvalue weighted by Crippen LogP contribution is 2.28. The van der Waals surface area contributed by atoms with Crippen molar-refractivity contribution < 1.29 is 13.6 Å². The molecule has 0 aromatic carbocycles. The van der Waals surface area contributed by atoms with Crippen molar-refractivity contribution in [1.82, 2.24) is 15.2 Å². The van der Waals surface area contributed by atoms with Crippen molar-refractivity contribution in [3.8, 4) is 11.6 Å². The molecule has 0 aliphatic carbocycles. The Morgan fingerprint density at radius 2 is 2.33 bits per heavy atom. The second kappa shape index (κ2) is 4.89. The van der Waals surface area contributed by atoms with Crippen LogP contribution in [0.5, 0.6) is 0 Å². The molecule has 1 aliphatic heterocycles. The molecule has 0 spiro atoms. The predicted molar refractivity (Wildman–Crippen MR) is 62.0 cm³/mol. The van der Waals surface area contributed by atoms with Crippen LogP contribution in [-0.2, 0) is 11.2 Å². The Kier molecular flexibility index (Phi) is 3.10. The number of hydrogen-bond acceptors (Lipinski definition) is 6. The fourth-order valence-corrected chi connectivity index (χ4v) is 2.13. The SMILES string of the molecule is CCc1ocnc1-c1nnc(C2CCCOC2)o1. The van der Waals surface area contributed by atoms with Gasteiger partial charge in [-0.2, -0.15) is 0 Å². The monoisotopic (exact) mass is 249 g/mol. The van der Waals surface area contributed by atoms with Gasteiger partial charge < -0.3 is 13.6 Å². The van der Waals surface area contributed by atoms with Crippen LogP contribution in [0.2, 0.25) is 0 Å². The van der Waals surface area contributed by atoms with Crippen molar-refractivity contribution >= 4 is 0 Å². The molecule has 3 rings (SSSR count). The lowest BCUT2D eigenvalue weighted by atomic mass is 10.0. The molecule has 3 heterocycles. The zero-order chi connectivity index (χ0) is 12.4. The quantitative estimate of drug-likeness (QED) is 0.830. The van der Waals surface area contributed by atoms with E-state index in [1.54, 1.807) is 0 Å². The number of nitrogens with zero attached hydrogens (tertiary/aromatic N) is 3. The van der Waals surface area contributed by atoms with Crippen LogP contribution in [0, 0.1) is 0 Å². The minimum Gasteiger partial charge on any atom is -0.448 e. The highest BCUT2D eigenvalue weighted by molar-refractivity contribution is 5.48. The standard InChI is InChI=1S/C12H15N3O3/c1-2-9-10(13-7-17-9)12-15-14-11(18-12)8-4-3-5-16-6-8/h7-8H,2-6H2,1H3. The van der Waals surface area contributed by atoms with Gasteiger partial charge in [-0.1, -0.05) is 6.92 Å². The van der Waals surface area contributed by atoms with Crippen LogP contribution >= 0.6 is 0 Å². The summed E-state index contributed by atoms with van der Waals surface area (Å²) < 4.78 is 16.4. The van der Waals surface area contributed by atoms with Crippen LogP contribution in [0.4, 0.5) is 0 Å². The number of aryl methyl sites for hydroxylation is 1. The maximum Gasteiger partial charge on any atom is 0.269 e. The minimum atomic E-state index is 0.206. The molecule has 0 bridgehead atoms. The molecule has 0 N–H and O–H groups in total. The van der Waals surface area contributed by atoms with Gasteiger partial charge in [0.05, 0.1) is 12.5 Å². The van der Waals surface area contributed by atoms with E-state index in [0.29, 0.717) is 24.1 Å². The van der Waals surface area contributed by atoms with Crippen molar-refractivity contribution in [2.24, 2.45) is 0 Å². The number of aromatic nitrogens is 3. The van der Waals surface area contributed by atoms with Gasteiger partial charge in [-0.25, -0.2) is 4.98 Å². The highest BCUT2D eigenvalue weighted by atomic mass is 16.5. The van der Waals surface area contributed by atoms with Gasteiger partial charge in [-0.05, 0) is 12.8 Å². The van der Waals surface area contributed by atoms with Gasteiger partial charge in [-0.15, -0.1) is 10.2 Å². The molecule has 0 saturated carbocycles. The molecule has 1 fully saturated rings. The fraction of sp³-hybridized carbons (Fsp3) is 0.583. The molecular formula is C12H15N3O3. The van der Waals surface area contributed by atoms with E-state index in [1.165, 1.54) is 6.39 Å². The van der Waals surface area contributed by atoms with Gasteiger partial charge in [0.15, 0.2) is 12.1 Å². The first-order valence-electron chi connectivity index (χ1n) is 6.22. The third kappa shape index (κ3) is 2.03. The summed E-state index contributed by atoms with van der Waals surface area (Å²) >= 11 is 0. The van der Waals surface area contributed by atoms with E-state index in [1.807, 2.05) is 6.92 Å². The lowest BCUT2D eigenvalue weighted by Crippen LogP contribution is -2.15. The molecule has 1 unspecified atom stereocenters. The second-order valence-corrected chi connectivity index (χ2v) is 4.34. The summed E-state index contributed by atoms with van der Waals surface area (Å²) in [5, 5.41) is 8.14. The molecule has 96 valence electrons. The van der Waals surface area contributed by atoms with Crippen molar-refractivity contribution in [3.63, 3.8) is 0 Å². The molecule has 6 nitrogen and oxygen atoms in total. The van der Waals surface area contributed by atoms with Crippen molar-refractivity contribution in [1.29, 1.82) is 0 Å². The zero-order valence-electron chi connectivity index (χ0n) is 10.3. The lowest BCUT2D eigenvalue weighted by molar-refractivity contribution is 0.0727. The maximum atomic E-state index is 5.69. The fourth-order valence-electron chi connectivity index (χ4n) is 2.13. The van der Waals surface area contributed by atoms with Gasteiger partial charge in [0, 0.05) is 13.0 Å². The smallest absolute Gasteiger partial charge is 0.269 e. The Hall–Kier alpha value is -1.69. The summed E-state index contributed by atoms with van der Waals surface area (Å²) in [5.41, 5.74) is 0.646. The van der Waals surface area contributed by atoms with Gasteiger partial charge in [0.1, 0.15) is 5.76 Å². The summed E-state index contributed by atoms with van der Waals surface area (Å²) in [6, 6.07) is 0. The summed E-state index contributed by atoms with van der Waals surface area (Å²) in [6.07, 6.45) is 4.22. The van der Waals surface area contributed by atoms with Gasteiger partial charge >= 0.3 is 0 Å². The van der Waals surface area contributed by atoms with Gasteiger partial charge in [0.2, 0.25) is 5.89 Å². The van der Waals surface area contributed by atoms with E-state index in [2.05, 4.69) is 15.2 Å². The largest absolute Gasteiger partial charge is 0.448 e. The summed E-state index contributed by atoms with van der Waals surface area (Å²) in [5.74, 6) is 2.04. The zero-order valence-corrected chi connectivity index (χ0v) is 10.3. The van der Waals surface area contributed by atoms with Gasteiger partial charge in [-0.3, -0.25) is 0 Å². The van der Waals surface area contributed by atoms with E-state index in [9.17, 15) is 0 Å². The van der Waals surface area contributed by atoms with Crippen molar-refractivity contribution in [3.05, 3.63) is 18.0 Å². The predicted octanol–water partition coefficient (Wildman–Crippen LogP) is 2.18. The summed E-state index contributed by atoms with van der Waals surface area (Å²) in [7, 11) is 0. The molecule has 1 aliphatic rings. The Labute approximate surface area is 104 Å². The van der Waals surface area contributed by atoms with E-state index >= 15 is 0 Å². The molecule has 18 heavy (non-hydrogen) atoms. The molecule has 2 aromatic rings. The second-order valence-electron chi connectivity index (χ2n) is 4.34. The normalized spacial score (nSPS) is 20.2. The highest BCUT2D eigenvalue weighted by Gasteiger charge is 2.23. The average Bonchev–Trinajstić information content (AvgIpc) is 3.08. The van der Waals surface area contributed by atoms with E-state index in [4.69, 9.17) is 13.6 Å². The molecule has 1 saturated heterocycles. The van der Waals surface area contributed by atoms with Crippen LogP contribution in [0.15, 0.2) is 15.2 Å². The van der Waals surface area contributed by atoms with Crippen LogP contribution < -0.4 is 0 Å². The Morgan fingerprint density at radius 3 is 3.11 bits per heavy atom. The third-order valence-corrected chi connectivity index (χ3v) is 3.11. The van der Waals surface area contributed by atoms with Crippen LogP contribution in [0.1, 0.15) is 37.3 Å². The first-order valence-corrected chi connectivity index (χ1v) is 6.22. The molecule has 2 aromatic heterocycles. The maximum absolute atomic E-state index is 5.69. The number of hydrogen-bond donors (Lipinski definition) is 0. The topological polar surface area (TPSA) is 74.2 Å². The van der Waals surface area contributed by atoms with Crippen LogP contribution in [-0.4, -0.2) is 28.4 Å². The molecule has 0 radical (unpaired) electrons. The first-order chi connectivity index (χ1) is 8.88. The van der Waals surface area contributed by atoms with E-state index < -0.39 is 0 Å². The van der Waals surface area contributed by atoms with E-state index in [-0.39, 0.29) is 5.92 Å². The summed E-state index contributed by atoms with van der Waals surface area (Å²) in [6.45, 7) is 3.47. The van der Waals surface area contributed by atoms with Crippen molar-refractivity contribution in [2.45, 2.75) is 32.1 Å².